The molecule has 0 amide bonds. The van der Waals surface area contributed by atoms with Crippen LogP contribution in [0.15, 0.2) is 176 Å². The standard InChI is InChI=1S/C64H55N/c1-62(2)55-26-10-7-21-52(55)60-50(23-15-28-58(60)62)49-20-8-12-29-59(49)65(44-17-13-16-41(37-44)46-22-14-24-51-47-18-5-9-25-54(47)63(3,4)61(46)51)45-30-31-57-53(38-45)48-19-6-11-27-56(48)64(57)42-33-39-32-40(35-42)36-43(64)34-39/h5-31,37-40,42-43H,32-36H2,1-4H3. The summed E-state index contributed by atoms with van der Waals surface area (Å²) in [6.07, 6.45) is 7.03. The van der Waals surface area contributed by atoms with Gasteiger partial charge in [0.25, 0.3) is 0 Å². The Balaban J connectivity index is 0.995. The summed E-state index contributed by atoms with van der Waals surface area (Å²) in [7, 11) is 0. The maximum atomic E-state index is 2.60. The highest BCUT2D eigenvalue weighted by Crippen LogP contribution is 2.70. The van der Waals surface area contributed by atoms with Crippen LogP contribution in [0.2, 0.25) is 0 Å². The molecule has 4 bridgehead atoms. The van der Waals surface area contributed by atoms with E-state index in [9.17, 15) is 0 Å². The van der Waals surface area contributed by atoms with E-state index in [1.165, 1.54) is 127 Å². The van der Waals surface area contributed by atoms with Crippen LogP contribution in [0, 0.1) is 23.7 Å². The normalized spacial score (nSPS) is 23.7. The Morgan fingerprint density at radius 1 is 0.369 bits per heavy atom. The van der Waals surface area contributed by atoms with Crippen LogP contribution in [-0.2, 0) is 16.2 Å². The molecule has 0 aliphatic heterocycles. The van der Waals surface area contributed by atoms with Crippen LogP contribution < -0.4 is 4.90 Å². The lowest BCUT2D eigenvalue weighted by molar-refractivity contribution is -0.0399. The van der Waals surface area contributed by atoms with Crippen molar-refractivity contribution in [2.45, 2.75) is 76.0 Å². The molecular formula is C64H55N. The molecule has 0 unspecified atom stereocenters. The Bertz CT molecular complexity index is 3280. The maximum absolute atomic E-state index is 2.60. The summed E-state index contributed by atoms with van der Waals surface area (Å²) in [6, 6.07) is 68.0. The lowest BCUT2D eigenvalue weighted by Gasteiger charge is -2.61. The van der Waals surface area contributed by atoms with Crippen LogP contribution in [0.1, 0.15) is 93.2 Å². The number of anilines is 3. The molecule has 1 spiro atoms. The van der Waals surface area contributed by atoms with Crippen LogP contribution in [0.5, 0.6) is 0 Å². The van der Waals surface area contributed by atoms with Gasteiger partial charge >= 0.3 is 0 Å². The minimum Gasteiger partial charge on any atom is -0.310 e. The topological polar surface area (TPSA) is 3.24 Å². The fourth-order valence-electron chi connectivity index (χ4n) is 15.5. The largest absolute Gasteiger partial charge is 0.310 e. The molecule has 1 nitrogen and oxygen atoms in total. The van der Waals surface area contributed by atoms with E-state index in [-0.39, 0.29) is 16.2 Å². The first-order valence-electron chi connectivity index (χ1n) is 24.4. The molecule has 0 saturated heterocycles. The zero-order valence-electron chi connectivity index (χ0n) is 38.0. The third-order valence-corrected chi connectivity index (χ3v) is 17.8. The lowest BCUT2D eigenvalue weighted by atomic mass is 9.43. The van der Waals surface area contributed by atoms with Crippen molar-refractivity contribution in [3.05, 3.63) is 209 Å². The van der Waals surface area contributed by atoms with Gasteiger partial charge in [0, 0.05) is 33.2 Å². The molecule has 0 N–H and O–H groups in total. The Hall–Kier alpha value is -6.44. The molecule has 8 aromatic carbocycles. The molecule has 1 heteroatoms. The Kier molecular flexibility index (Phi) is 7.77. The smallest absolute Gasteiger partial charge is 0.0540 e. The van der Waals surface area contributed by atoms with Gasteiger partial charge in [0.1, 0.15) is 0 Å². The van der Waals surface area contributed by atoms with Gasteiger partial charge in [0.15, 0.2) is 0 Å². The van der Waals surface area contributed by atoms with Crippen molar-refractivity contribution < 1.29 is 0 Å². The summed E-state index contributed by atoms with van der Waals surface area (Å²) < 4.78 is 0. The highest BCUT2D eigenvalue weighted by atomic mass is 15.1. The molecule has 4 fully saturated rings. The SMILES string of the molecule is CC1(C)c2ccccc2-c2c(-c3ccccc3N(c3cccc(-c4cccc5c4C(C)(C)c4ccccc4-5)c3)c3ccc4c(c3)-c3ccccc3C43C4CC5CC(C4)CC3C5)cccc21. The molecule has 4 saturated carbocycles. The van der Waals surface area contributed by atoms with Gasteiger partial charge in [-0.1, -0.05) is 173 Å². The maximum Gasteiger partial charge on any atom is 0.0540 e. The molecule has 0 atom stereocenters. The third-order valence-electron chi connectivity index (χ3n) is 17.8. The molecule has 65 heavy (non-hydrogen) atoms. The fourth-order valence-corrected chi connectivity index (χ4v) is 15.5. The minimum absolute atomic E-state index is 0.0878. The molecule has 0 aromatic heterocycles. The van der Waals surface area contributed by atoms with Gasteiger partial charge in [0.05, 0.1) is 5.69 Å². The number of para-hydroxylation sites is 1. The van der Waals surface area contributed by atoms with E-state index in [1.807, 2.05) is 0 Å². The first-order chi connectivity index (χ1) is 31.7. The van der Waals surface area contributed by atoms with Crippen LogP contribution in [0.4, 0.5) is 17.1 Å². The summed E-state index contributed by atoms with van der Waals surface area (Å²) in [5.74, 6) is 3.30. The quantitative estimate of drug-likeness (QED) is 0.167. The predicted molar refractivity (Wildman–Crippen MR) is 270 cm³/mol. The van der Waals surface area contributed by atoms with Gasteiger partial charge in [-0.25, -0.2) is 0 Å². The predicted octanol–water partition coefficient (Wildman–Crippen LogP) is 16.8. The van der Waals surface area contributed by atoms with Crippen LogP contribution in [-0.4, -0.2) is 0 Å². The van der Waals surface area contributed by atoms with E-state index in [4.69, 9.17) is 0 Å². The molecule has 0 heterocycles. The summed E-state index contributed by atoms with van der Waals surface area (Å²) in [6.45, 7) is 9.60. The van der Waals surface area contributed by atoms with E-state index < -0.39 is 0 Å². The Labute approximate surface area is 384 Å². The van der Waals surface area contributed by atoms with Crippen LogP contribution in [0.25, 0.3) is 55.6 Å². The monoisotopic (exact) mass is 837 g/mol. The molecule has 7 aliphatic rings. The van der Waals surface area contributed by atoms with Crippen molar-refractivity contribution >= 4 is 17.1 Å². The van der Waals surface area contributed by atoms with Gasteiger partial charge in [-0.2, -0.15) is 0 Å². The van der Waals surface area contributed by atoms with Crippen molar-refractivity contribution in [2.75, 3.05) is 4.90 Å². The summed E-state index contributed by atoms with van der Waals surface area (Å²) in [4.78, 5) is 2.60. The van der Waals surface area contributed by atoms with E-state index in [0.717, 1.165) is 23.7 Å². The van der Waals surface area contributed by atoms with Crippen LogP contribution >= 0.6 is 0 Å². The zero-order valence-corrected chi connectivity index (χ0v) is 38.0. The first kappa shape index (κ1) is 37.9. The number of rotatable bonds is 5. The molecule has 316 valence electrons. The molecular weight excluding hydrogens is 783 g/mol. The van der Waals surface area contributed by atoms with Gasteiger partial charge in [-0.05, 0) is 170 Å². The molecule has 15 rings (SSSR count). The minimum atomic E-state index is -0.121. The second-order valence-electron chi connectivity index (χ2n) is 21.6. The second kappa shape index (κ2) is 13.3. The van der Waals surface area contributed by atoms with Gasteiger partial charge in [-0.3, -0.25) is 0 Å². The van der Waals surface area contributed by atoms with Gasteiger partial charge in [0.2, 0.25) is 0 Å². The van der Waals surface area contributed by atoms with Crippen molar-refractivity contribution in [1.29, 1.82) is 0 Å². The number of hydrogen-bond donors (Lipinski definition) is 0. The van der Waals surface area contributed by atoms with Crippen LogP contribution in [0.3, 0.4) is 0 Å². The first-order valence-corrected chi connectivity index (χ1v) is 24.4. The Morgan fingerprint density at radius 3 is 1.65 bits per heavy atom. The van der Waals surface area contributed by atoms with Crippen molar-refractivity contribution in [3.63, 3.8) is 0 Å². The van der Waals surface area contributed by atoms with Gasteiger partial charge in [-0.15, -0.1) is 0 Å². The number of hydrogen-bond acceptors (Lipinski definition) is 1. The second-order valence-corrected chi connectivity index (χ2v) is 21.6. The van der Waals surface area contributed by atoms with Crippen molar-refractivity contribution in [2.24, 2.45) is 23.7 Å². The van der Waals surface area contributed by atoms with Crippen molar-refractivity contribution in [3.8, 4) is 55.6 Å². The lowest BCUT2D eigenvalue weighted by Crippen LogP contribution is -2.55. The van der Waals surface area contributed by atoms with Gasteiger partial charge < -0.3 is 4.90 Å². The number of benzene rings is 8. The number of fused-ring (bicyclic) bond motifs is 9. The summed E-state index contributed by atoms with van der Waals surface area (Å²) >= 11 is 0. The number of nitrogens with zero attached hydrogens (tertiary/aromatic N) is 1. The zero-order chi connectivity index (χ0) is 43.4. The van der Waals surface area contributed by atoms with Crippen molar-refractivity contribution in [1.82, 2.24) is 0 Å². The fraction of sp³-hybridized carbons (Fsp3) is 0.250. The summed E-state index contributed by atoms with van der Waals surface area (Å²) in [5, 5.41) is 0. The summed E-state index contributed by atoms with van der Waals surface area (Å²) in [5.41, 5.74) is 25.8. The molecule has 0 radical (unpaired) electrons. The van der Waals surface area contributed by atoms with E-state index in [0.29, 0.717) is 0 Å². The van der Waals surface area contributed by atoms with E-state index in [2.05, 4.69) is 209 Å². The molecule has 7 aliphatic carbocycles. The average Bonchev–Trinajstić information content (AvgIpc) is 3.86. The highest BCUT2D eigenvalue weighted by Gasteiger charge is 2.61. The van der Waals surface area contributed by atoms with E-state index in [1.54, 1.807) is 11.1 Å². The average molecular weight is 838 g/mol. The third kappa shape index (κ3) is 5.00. The Morgan fingerprint density at radius 2 is 0.892 bits per heavy atom. The molecule has 8 aromatic rings. The highest BCUT2D eigenvalue weighted by molar-refractivity contribution is 5.99. The van der Waals surface area contributed by atoms with E-state index >= 15 is 0 Å².